The lowest BCUT2D eigenvalue weighted by molar-refractivity contribution is 0.0592. The number of nitrogens with two attached hydrogens (primary N) is 1. The van der Waals surface area contributed by atoms with E-state index in [0.717, 1.165) is 25.1 Å². The predicted octanol–water partition coefficient (Wildman–Crippen LogP) is 3.66. The summed E-state index contributed by atoms with van der Waals surface area (Å²) in [6.07, 6.45) is 1.16. The number of hydrogen-bond acceptors (Lipinski definition) is 4. The zero-order valence-electron chi connectivity index (χ0n) is 14.4. The van der Waals surface area contributed by atoms with Crippen molar-refractivity contribution in [3.05, 3.63) is 36.1 Å². The first-order valence-corrected chi connectivity index (χ1v) is 8.31. The summed E-state index contributed by atoms with van der Waals surface area (Å²) in [6.45, 7) is 5.92. The second-order valence-electron chi connectivity index (χ2n) is 6.78. The average molecular weight is 328 g/mol. The Labute approximate surface area is 142 Å². The highest BCUT2D eigenvalue weighted by atomic mass is 16.5. The SMILES string of the molecule is COc1ccc(N)cc1-c1ccc(C(=O)N2C[C@H](C)C[C@H](C)C2)o1. The molecule has 2 aromatic rings. The molecule has 5 heteroatoms. The number of nitrogen functional groups attached to an aromatic ring is 1. The fourth-order valence-electron chi connectivity index (χ4n) is 3.50. The van der Waals surface area contributed by atoms with Crippen molar-refractivity contribution in [3.8, 4) is 17.1 Å². The highest BCUT2D eigenvalue weighted by Gasteiger charge is 2.28. The van der Waals surface area contributed by atoms with Crippen LogP contribution in [0.25, 0.3) is 11.3 Å². The first-order chi connectivity index (χ1) is 11.5. The number of rotatable bonds is 3. The van der Waals surface area contributed by atoms with E-state index in [2.05, 4.69) is 13.8 Å². The van der Waals surface area contributed by atoms with Crippen LogP contribution in [0, 0.1) is 11.8 Å². The minimum absolute atomic E-state index is 0.0532. The number of furan rings is 1. The standard InChI is InChI=1S/C19H24N2O3/c1-12-8-13(2)11-21(10-12)19(22)18-7-6-17(24-18)15-9-14(20)4-5-16(15)23-3/h4-7,9,12-13H,8,10-11,20H2,1-3H3/t12-,13+. The number of carbonyl (C=O) groups is 1. The largest absolute Gasteiger partial charge is 0.496 e. The zero-order valence-corrected chi connectivity index (χ0v) is 14.4. The first kappa shape index (κ1) is 16.4. The van der Waals surface area contributed by atoms with E-state index in [1.165, 1.54) is 0 Å². The van der Waals surface area contributed by atoms with E-state index < -0.39 is 0 Å². The Hall–Kier alpha value is -2.43. The number of benzene rings is 1. The number of ether oxygens (including phenoxy) is 1. The summed E-state index contributed by atoms with van der Waals surface area (Å²) in [5.74, 6) is 2.58. The summed E-state index contributed by atoms with van der Waals surface area (Å²) in [4.78, 5) is 14.6. The van der Waals surface area contributed by atoms with Crippen molar-refractivity contribution in [1.82, 2.24) is 4.90 Å². The summed E-state index contributed by atoms with van der Waals surface area (Å²) < 4.78 is 11.2. The van der Waals surface area contributed by atoms with E-state index in [-0.39, 0.29) is 5.91 Å². The lowest BCUT2D eigenvalue weighted by Crippen LogP contribution is -2.42. The molecule has 0 bridgehead atoms. The molecule has 0 spiro atoms. The van der Waals surface area contributed by atoms with Gasteiger partial charge in [0, 0.05) is 18.8 Å². The molecule has 0 aliphatic carbocycles. The molecule has 1 amide bonds. The van der Waals surface area contributed by atoms with Gasteiger partial charge in [-0.1, -0.05) is 13.8 Å². The zero-order chi connectivity index (χ0) is 17.3. The molecule has 1 fully saturated rings. The van der Waals surface area contributed by atoms with Crippen LogP contribution in [0.5, 0.6) is 5.75 Å². The van der Waals surface area contributed by atoms with E-state index in [1.807, 2.05) is 4.90 Å². The van der Waals surface area contributed by atoms with Gasteiger partial charge in [-0.25, -0.2) is 0 Å². The van der Waals surface area contributed by atoms with Crippen molar-refractivity contribution in [1.29, 1.82) is 0 Å². The number of carbonyl (C=O) groups excluding carboxylic acids is 1. The van der Waals surface area contributed by atoms with Crippen LogP contribution in [0.15, 0.2) is 34.7 Å². The highest BCUT2D eigenvalue weighted by molar-refractivity contribution is 5.92. The minimum Gasteiger partial charge on any atom is -0.496 e. The van der Waals surface area contributed by atoms with Crippen molar-refractivity contribution in [2.45, 2.75) is 20.3 Å². The van der Waals surface area contributed by atoms with Crippen LogP contribution in [0.3, 0.4) is 0 Å². The van der Waals surface area contributed by atoms with Gasteiger partial charge in [0.25, 0.3) is 5.91 Å². The molecule has 1 saturated heterocycles. The van der Waals surface area contributed by atoms with Gasteiger partial charge >= 0.3 is 0 Å². The van der Waals surface area contributed by atoms with Crippen LogP contribution in [-0.4, -0.2) is 31.0 Å². The van der Waals surface area contributed by atoms with E-state index in [0.29, 0.717) is 34.8 Å². The van der Waals surface area contributed by atoms with Gasteiger partial charge in [-0.15, -0.1) is 0 Å². The van der Waals surface area contributed by atoms with E-state index in [1.54, 1.807) is 37.4 Å². The Kier molecular flexibility index (Phi) is 4.51. The summed E-state index contributed by atoms with van der Waals surface area (Å²) in [5, 5.41) is 0. The fraction of sp³-hybridized carbons (Fsp3) is 0.421. The minimum atomic E-state index is -0.0532. The summed E-state index contributed by atoms with van der Waals surface area (Å²) >= 11 is 0. The molecule has 0 saturated carbocycles. The van der Waals surface area contributed by atoms with Gasteiger partial charge in [-0.05, 0) is 48.6 Å². The van der Waals surface area contributed by atoms with E-state index >= 15 is 0 Å². The van der Waals surface area contributed by atoms with Crippen molar-refractivity contribution < 1.29 is 13.9 Å². The molecule has 1 aromatic carbocycles. The Balaban J connectivity index is 1.85. The van der Waals surface area contributed by atoms with Crippen molar-refractivity contribution >= 4 is 11.6 Å². The van der Waals surface area contributed by atoms with Gasteiger partial charge in [0.2, 0.25) is 0 Å². The van der Waals surface area contributed by atoms with Crippen LogP contribution in [0.4, 0.5) is 5.69 Å². The molecule has 2 atom stereocenters. The molecule has 2 N–H and O–H groups in total. The fourth-order valence-corrected chi connectivity index (χ4v) is 3.50. The molecule has 1 aliphatic heterocycles. The third-order valence-electron chi connectivity index (χ3n) is 4.46. The Morgan fingerprint density at radius 1 is 1.21 bits per heavy atom. The second-order valence-corrected chi connectivity index (χ2v) is 6.78. The summed E-state index contributed by atoms with van der Waals surface area (Å²) in [6, 6.07) is 8.87. The number of likely N-dealkylation sites (tertiary alicyclic amines) is 1. The van der Waals surface area contributed by atoms with Gasteiger partial charge < -0.3 is 19.8 Å². The van der Waals surface area contributed by atoms with Crippen molar-refractivity contribution in [2.75, 3.05) is 25.9 Å². The smallest absolute Gasteiger partial charge is 0.289 e. The number of anilines is 1. The number of methoxy groups -OCH3 is 1. The molecule has 2 heterocycles. The van der Waals surface area contributed by atoms with Crippen LogP contribution in [0.2, 0.25) is 0 Å². The van der Waals surface area contributed by atoms with Crippen molar-refractivity contribution in [3.63, 3.8) is 0 Å². The Morgan fingerprint density at radius 3 is 2.58 bits per heavy atom. The van der Waals surface area contributed by atoms with Gasteiger partial charge in [-0.3, -0.25) is 4.79 Å². The van der Waals surface area contributed by atoms with Gasteiger partial charge in [0.15, 0.2) is 5.76 Å². The molecule has 1 aliphatic rings. The normalized spacial score (nSPS) is 20.9. The molecule has 24 heavy (non-hydrogen) atoms. The average Bonchev–Trinajstić information content (AvgIpc) is 3.03. The topological polar surface area (TPSA) is 68.7 Å². The maximum atomic E-state index is 12.7. The van der Waals surface area contributed by atoms with E-state index in [9.17, 15) is 4.79 Å². The molecule has 0 radical (unpaired) electrons. The van der Waals surface area contributed by atoms with Gasteiger partial charge in [-0.2, -0.15) is 0 Å². The second kappa shape index (κ2) is 6.59. The maximum absolute atomic E-state index is 12.7. The lowest BCUT2D eigenvalue weighted by atomic mass is 9.92. The van der Waals surface area contributed by atoms with Crippen LogP contribution in [0.1, 0.15) is 30.8 Å². The van der Waals surface area contributed by atoms with Crippen molar-refractivity contribution in [2.24, 2.45) is 11.8 Å². The number of piperidine rings is 1. The van der Waals surface area contributed by atoms with Crippen LogP contribution in [-0.2, 0) is 0 Å². The number of nitrogens with zero attached hydrogens (tertiary/aromatic N) is 1. The first-order valence-electron chi connectivity index (χ1n) is 8.31. The van der Waals surface area contributed by atoms with E-state index in [4.69, 9.17) is 14.9 Å². The molecule has 0 unspecified atom stereocenters. The van der Waals surface area contributed by atoms with Crippen LogP contribution < -0.4 is 10.5 Å². The monoisotopic (exact) mass is 328 g/mol. The number of amides is 1. The number of hydrogen-bond donors (Lipinski definition) is 1. The summed E-state index contributed by atoms with van der Waals surface area (Å²) in [5.41, 5.74) is 7.23. The molecular formula is C19H24N2O3. The molecule has 128 valence electrons. The lowest BCUT2D eigenvalue weighted by Gasteiger charge is -2.34. The van der Waals surface area contributed by atoms with Gasteiger partial charge in [0.1, 0.15) is 11.5 Å². The molecule has 5 nitrogen and oxygen atoms in total. The third-order valence-corrected chi connectivity index (χ3v) is 4.46. The molecular weight excluding hydrogens is 304 g/mol. The van der Waals surface area contributed by atoms with Crippen LogP contribution >= 0.6 is 0 Å². The predicted molar refractivity (Wildman–Crippen MR) is 94.0 cm³/mol. The quantitative estimate of drug-likeness (QED) is 0.873. The third kappa shape index (κ3) is 3.25. The summed E-state index contributed by atoms with van der Waals surface area (Å²) in [7, 11) is 1.60. The maximum Gasteiger partial charge on any atom is 0.289 e. The molecule has 1 aromatic heterocycles. The van der Waals surface area contributed by atoms with Gasteiger partial charge in [0.05, 0.1) is 12.7 Å². The highest BCUT2D eigenvalue weighted by Crippen LogP contribution is 2.33. The molecule has 3 rings (SSSR count). The Bertz CT molecular complexity index is 728. The Morgan fingerprint density at radius 2 is 1.92 bits per heavy atom.